The van der Waals surface area contributed by atoms with Gasteiger partial charge in [-0.3, -0.25) is 0 Å². The lowest BCUT2D eigenvalue weighted by Crippen LogP contribution is -2.30. The first-order chi connectivity index (χ1) is 13.3. The van der Waals surface area contributed by atoms with Crippen molar-refractivity contribution >= 4 is 23.3 Å². The highest BCUT2D eigenvalue weighted by Crippen LogP contribution is 2.26. The van der Waals surface area contributed by atoms with Gasteiger partial charge in [-0.1, -0.05) is 36.4 Å². The van der Waals surface area contributed by atoms with Crippen LogP contribution >= 0.6 is 11.6 Å². The summed E-state index contributed by atoms with van der Waals surface area (Å²) in [6.45, 7) is 7.55. The van der Waals surface area contributed by atoms with Crippen LogP contribution in [0.3, 0.4) is 0 Å². The summed E-state index contributed by atoms with van der Waals surface area (Å²) in [6, 6.07) is 8.63. The number of halogens is 3. The van der Waals surface area contributed by atoms with Crippen LogP contribution in [0.1, 0.15) is 18.1 Å². The van der Waals surface area contributed by atoms with Gasteiger partial charge in [-0.2, -0.15) is 0 Å². The fourth-order valence-electron chi connectivity index (χ4n) is 2.54. The first-order valence-electron chi connectivity index (χ1n) is 8.73. The summed E-state index contributed by atoms with van der Waals surface area (Å²) in [5.74, 6) is -2.07. The van der Waals surface area contributed by atoms with Crippen molar-refractivity contribution in [2.24, 2.45) is 0 Å². The molecule has 0 aliphatic carbocycles. The molecule has 1 N–H and O–H groups in total. The van der Waals surface area contributed by atoms with Crippen LogP contribution in [0.5, 0.6) is 0 Å². The van der Waals surface area contributed by atoms with Crippen LogP contribution in [0.2, 0.25) is 5.02 Å². The predicted molar refractivity (Wildman–Crippen MR) is 105 cm³/mol. The van der Waals surface area contributed by atoms with E-state index in [0.717, 1.165) is 17.7 Å². The van der Waals surface area contributed by atoms with Crippen LogP contribution in [0, 0.1) is 18.6 Å². The summed E-state index contributed by atoms with van der Waals surface area (Å²) in [5.41, 5.74) is 2.23. The zero-order valence-corrected chi connectivity index (χ0v) is 16.5. The molecule has 1 unspecified atom stereocenters. The van der Waals surface area contributed by atoms with Crippen LogP contribution in [0.25, 0.3) is 0 Å². The third-order valence-electron chi connectivity index (χ3n) is 3.95. The first-order valence-corrected chi connectivity index (χ1v) is 9.11. The molecule has 150 valence electrons. The van der Waals surface area contributed by atoms with Crippen molar-refractivity contribution in [3.8, 4) is 0 Å². The molecule has 2 rings (SSSR count). The summed E-state index contributed by atoms with van der Waals surface area (Å²) < 4.78 is 37.7. The average molecular weight is 410 g/mol. The lowest BCUT2D eigenvalue weighted by Gasteiger charge is -2.19. The van der Waals surface area contributed by atoms with Gasteiger partial charge in [-0.05, 0) is 37.1 Å². The van der Waals surface area contributed by atoms with E-state index in [1.807, 2.05) is 19.1 Å². The van der Waals surface area contributed by atoms with E-state index in [0.29, 0.717) is 16.4 Å². The molecule has 0 saturated carbocycles. The van der Waals surface area contributed by atoms with Crippen molar-refractivity contribution in [1.82, 2.24) is 0 Å². The number of anilines is 1. The van der Waals surface area contributed by atoms with Crippen molar-refractivity contribution in [3.05, 3.63) is 76.5 Å². The molecule has 7 heteroatoms. The fourth-order valence-corrected chi connectivity index (χ4v) is 2.81. The number of carbonyl (C=O) groups is 1. The van der Waals surface area contributed by atoms with Gasteiger partial charge in [0.1, 0.15) is 11.6 Å². The molecule has 0 aliphatic heterocycles. The molecule has 1 atom stereocenters. The highest BCUT2D eigenvalue weighted by molar-refractivity contribution is 6.33. The van der Waals surface area contributed by atoms with Crippen molar-refractivity contribution in [2.75, 3.05) is 18.5 Å². The maximum absolute atomic E-state index is 13.9. The van der Waals surface area contributed by atoms with E-state index in [-0.39, 0.29) is 25.2 Å². The minimum Gasteiger partial charge on any atom is -0.464 e. The molecule has 0 amide bonds. The van der Waals surface area contributed by atoms with Crippen molar-refractivity contribution in [3.63, 3.8) is 0 Å². The highest BCUT2D eigenvalue weighted by atomic mass is 35.5. The normalized spacial score (nSPS) is 11.8. The number of ether oxygens (including phenoxy) is 2. The van der Waals surface area contributed by atoms with Gasteiger partial charge < -0.3 is 14.8 Å². The van der Waals surface area contributed by atoms with E-state index in [1.54, 1.807) is 13.0 Å². The smallest absolute Gasteiger partial charge is 0.335 e. The predicted octanol–water partition coefficient (Wildman–Crippen LogP) is 5.04. The Hall–Kier alpha value is -2.44. The Kier molecular flexibility index (Phi) is 7.96. The SMILES string of the molecule is C=C(COC(Cc1ccc(F)cc1F)C(=O)OCC)Nc1c(C)cccc1Cl. The van der Waals surface area contributed by atoms with E-state index in [1.165, 1.54) is 6.07 Å². The Bertz CT molecular complexity index is 837. The van der Waals surface area contributed by atoms with Crippen LogP contribution in [0.4, 0.5) is 14.5 Å². The number of hydrogen-bond acceptors (Lipinski definition) is 4. The van der Waals surface area contributed by atoms with E-state index in [4.69, 9.17) is 21.1 Å². The third kappa shape index (κ3) is 6.04. The molecular weight excluding hydrogens is 388 g/mol. The Morgan fingerprint density at radius 2 is 2.04 bits per heavy atom. The Labute approximate surface area is 168 Å². The lowest BCUT2D eigenvalue weighted by molar-refractivity contribution is -0.156. The number of carbonyl (C=O) groups excluding carboxylic acids is 1. The standard InChI is InChI=1S/C21H22ClF2NO3/c1-4-27-21(26)19(10-15-8-9-16(23)11-18(15)24)28-12-14(3)25-20-13(2)6-5-7-17(20)22/h5-9,11,19,25H,3-4,10,12H2,1-2H3. The quantitative estimate of drug-likeness (QED) is 0.589. The summed E-state index contributed by atoms with van der Waals surface area (Å²) in [4.78, 5) is 12.2. The molecule has 0 heterocycles. The molecule has 4 nitrogen and oxygen atoms in total. The Balaban J connectivity index is 2.06. The highest BCUT2D eigenvalue weighted by Gasteiger charge is 2.23. The second-order valence-corrected chi connectivity index (χ2v) is 6.56. The fraction of sp³-hybridized carbons (Fsp3) is 0.286. The van der Waals surface area contributed by atoms with Crippen molar-refractivity contribution in [2.45, 2.75) is 26.4 Å². The largest absolute Gasteiger partial charge is 0.464 e. The molecule has 2 aromatic rings. The average Bonchev–Trinajstić information content (AvgIpc) is 2.63. The number of para-hydroxylation sites is 1. The van der Waals surface area contributed by atoms with Gasteiger partial charge in [-0.15, -0.1) is 0 Å². The summed E-state index contributed by atoms with van der Waals surface area (Å²) in [6.07, 6.45) is -1.16. The number of benzene rings is 2. The number of nitrogens with one attached hydrogen (secondary N) is 1. The topological polar surface area (TPSA) is 47.6 Å². The van der Waals surface area contributed by atoms with Gasteiger partial charge in [0.15, 0.2) is 6.10 Å². The van der Waals surface area contributed by atoms with Crippen LogP contribution in [-0.4, -0.2) is 25.3 Å². The summed E-state index contributed by atoms with van der Waals surface area (Å²) in [7, 11) is 0. The van der Waals surface area contributed by atoms with E-state index in [2.05, 4.69) is 11.9 Å². The Morgan fingerprint density at radius 1 is 1.29 bits per heavy atom. The minimum absolute atomic E-state index is 0.0308. The molecule has 0 saturated heterocycles. The molecule has 0 fully saturated rings. The van der Waals surface area contributed by atoms with Gasteiger partial charge in [0.25, 0.3) is 0 Å². The second kappa shape index (κ2) is 10.2. The zero-order chi connectivity index (χ0) is 20.7. The number of esters is 1. The molecule has 2 aromatic carbocycles. The van der Waals surface area contributed by atoms with E-state index in [9.17, 15) is 13.6 Å². The lowest BCUT2D eigenvalue weighted by atomic mass is 10.1. The van der Waals surface area contributed by atoms with Crippen LogP contribution < -0.4 is 5.32 Å². The second-order valence-electron chi connectivity index (χ2n) is 6.15. The summed E-state index contributed by atoms with van der Waals surface area (Å²) in [5, 5.41) is 3.58. The molecule has 0 aliphatic rings. The maximum atomic E-state index is 13.9. The first kappa shape index (κ1) is 21.9. The van der Waals surface area contributed by atoms with Gasteiger partial charge >= 0.3 is 5.97 Å². The molecule has 0 radical (unpaired) electrons. The van der Waals surface area contributed by atoms with Gasteiger partial charge in [0.2, 0.25) is 0 Å². The molecule has 0 aromatic heterocycles. The Morgan fingerprint density at radius 3 is 2.68 bits per heavy atom. The van der Waals surface area contributed by atoms with Gasteiger partial charge in [0, 0.05) is 18.2 Å². The van der Waals surface area contributed by atoms with Crippen molar-refractivity contribution in [1.29, 1.82) is 0 Å². The van der Waals surface area contributed by atoms with E-state index < -0.39 is 23.7 Å². The third-order valence-corrected chi connectivity index (χ3v) is 4.27. The molecular formula is C21H22ClF2NO3. The maximum Gasteiger partial charge on any atom is 0.335 e. The minimum atomic E-state index is -1.06. The van der Waals surface area contributed by atoms with Crippen LogP contribution in [0.15, 0.2) is 48.7 Å². The van der Waals surface area contributed by atoms with Crippen LogP contribution in [-0.2, 0) is 20.7 Å². The van der Waals surface area contributed by atoms with Gasteiger partial charge in [-0.25, -0.2) is 13.6 Å². The molecule has 28 heavy (non-hydrogen) atoms. The number of aryl methyl sites for hydroxylation is 1. The number of rotatable bonds is 9. The number of hydrogen-bond donors (Lipinski definition) is 1. The zero-order valence-electron chi connectivity index (χ0n) is 15.7. The monoisotopic (exact) mass is 409 g/mol. The van der Waals surface area contributed by atoms with Gasteiger partial charge in [0.05, 0.1) is 23.9 Å². The molecule has 0 spiro atoms. The molecule has 0 bridgehead atoms. The summed E-state index contributed by atoms with van der Waals surface area (Å²) >= 11 is 6.17. The van der Waals surface area contributed by atoms with E-state index >= 15 is 0 Å². The van der Waals surface area contributed by atoms with Crippen molar-refractivity contribution < 1.29 is 23.0 Å².